The number of hydrogen-bond donors (Lipinski definition) is 2. The van der Waals surface area contributed by atoms with Crippen molar-refractivity contribution in [2.45, 2.75) is 71.1 Å². The van der Waals surface area contributed by atoms with Gasteiger partial charge in [-0.3, -0.25) is 9.59 Å². The first kappa shape index (κ1) is 18.7. The molecule has 0 saturated heterocycles. The summed E-state index contributed by atoms with van der Waals surface area (Å²) >= 11 is 0. The highest BCUT2D eigenvalue weighted by Gasteiger charge is 1.96. The summed E-state index contributed by atoms with van der Waals surface area (Å²) in [5, 5.41) is 2.73. The molecule has 0 rings (SSSR count). The lowest BCUT2D eigenvalue weighted by Crippen LogP contribution is -2.22. The van der Waals surface area contributed by atoms with Gasteiger partial charge in [-0.25, -0.2) is 0 Å². The van der Waals surface area contributed by atoms with Gasteiger partial charge in [-0.2, -0.15) is 0 Å². The molecule has 4 heteroatoms. The molecule has 0 spiro atoms. The Bertz CT molecular complexity index is 288. The topological polar surface area (TPSA) is 72.2 Å². The van der Waals surface area contributed by atoms with Gasteiger partial charge in [0.2, 0.25) is 11.8 Å². The van der Waals surface area contributed by atoms with Crippen LogP contribution in [0.5, 0.6) is 0 Å². The molecule has 0 saturated carbocycles. The highest BCUT2D eigenvalue weighted by Crippen LogP contribution is 2.10. The summed E-state index contributed by atoms with van der Waals surface area (Å²) in [5.74, 6) is -0.848. The Balaban J connectivity index is 3.20. The highest BCUT2D eigenvalue weighted by atomic mass is 16.2. The Labute approximate surface area is 123 Å². The van der Waals surface area contributed by atoms with Gasteiger partial charge in [-0.15, -0.1) is 0 Å². The van der Waals surface area contributed by atoms with Gasteiger partial charge < -0.3 is 11.1 Å². The number of rotatable bonds is 13. The van der Waals surface area contributed by atoms with Gasteiger partial charge in [0.1, 0.15) is 0 Å². The van der Waals surface area contributed by atoms with Crippen molar-refractivity contribution in [3.8, 4) is 0 Å². The molecule has 4 nitrogen and oxygen atoms in total. The first-order valence-electron chi connectivity index (χ1n) is 7.92. The lowest BCUT2D eigenvalue weighted by Gasteiger charge is -2.03. The van der Waals surface area contributed by atoms with Gasteiger partial charge in [0, 0.05) is 18.7 Å². The van der Waals surface area contributed by atoms with Crippen molar-refractivity contribution in [3.05, 3.63) is 12.2 Å². The number of amides is 2. The first-order chi connectivity index (χ1) is 9.66. The zero-order valence-corrected chi connectivity index (χ0v) is 12.8. The summed E-state index contributed by atoms with van der Waals surface area (Å²) in [6, 6.07) is 0. The summed E-state index contributed by atoms with van der Waals surface area (Å²) in [4.78, 5) is 21.6. The average molecular weight is 282 g/mol. The quantitative estimate of drug-likeness (QED) is 0.402. The van der Waals surface area contributed by atoms with Crippen LogP contribution in [0.3, 0.4) is 0 Å². The second kappa shape index (κ2) is 14.1. The molecule has 0 aliphatic rings. The van der Waals surface area contributed by atoms with Crippen molar-refractivity contribution < 1.29 is 9.59 Å². The van der Waals surface area contributed by atoms with Crippen molar-refractivity contribution >= 4 is 11.8 Å². The zero-order valence-electron chi connectivity index (χ0n) is 12.8. The van der Waals surface area contributed by atoms with Gasteiger partial charge in [-0.1, -0.05) is 64.7 Å². The smallest absolute Gasteiger partial charge is 0.244 e. The van der Waals surface area contributed by atoms with E-state index in [1.165, 1.54) is 57.4 Å². The SMILES string of the molecule is CCCCCCCCCCCCNC(=O)C=CC(N)=O. The number of hydrogen-bond acceptors (Lipinski definition) is 2. The van der Waals surface area contributed by atoms with E-state index in [0.717, 1.165) is 18.9 Å². The van der Waals surface area contributed by atoms with Crippen LogP contribution < -0.4 is 11.1 Å². The predicted octanol–water partition coefficient (Wildman–Crippen LogP) is 3.07. The van der Waals surface area contributed by atoms with Crippen LogP contribution in [-0.2, 0) is 9.59 Å². The van der Waals surface area contributed by atoms with Crippen molar-refractivity contribution in [1.82, 2.24) is 5.32 Å². The van der Waals surface area contributed by atoms with E-state index in [1.807, 2.05) is 0 Å². The van der Waals surface area contributed by atoms with Crippen LogP contribution >= 0.6 is 0 Å². The van der Waals surface area contributed by atoms with Gasteiger partial charge in [0.15, 0.2) is 0 Å². The summed E-state index contributed by atoms with van der Waals surface area (Å²) in [5.41, 5.74) is 4.90. The fourth-order valence-corrected chi connectivity index (χ4v) is 2.04. The maximum atomic E-state index is 11.2. The van der Waals surface area contributed by atoms with E-state index in [9.17, 15) is 9.59 Å². The molecule has 0 atom stereocenters. The number of nitrogens with two attached hydrogens (primary N) is 1. The lowest BCUT2D eigenvalue weighted by atomic mass is 10.1. The Morgan fingerprint density at radius 1 is 0.850 bits per heavy atom. The van der Waals surface area contributed by atoms with E-state index in [2.05, 4.69) is 12.2 Å². The first-order valence-corrected chi connectivity index (χ1v) is 7.92. The fourth-order valence-electron chi connectivity index (χ4n) is 2.04. The van der Waals surface area contributed by atoms with E-state index in [4.69, 9.17) is 5.73 Å². The minimum absolute atomic E-state index is 0.250. The van der Waals surface area contributed by atoms with Crippen molar-refractivity contribution in [3.63, 3.8) is 0 Å². The van der Waals surface area contributed by atoms with Crippen LogP contribution in [0, 0.1) is 0 Å². The molecule has 0 heterocycles. The Kier molecular flexibility index (Phi) is 13.2. The normalized spacial score (nSPS) is 10.8. The highest BCUT2D eigenvalue weighted by molar-refractivity contribution is 5.95. The summed E-state index contributed by atoms with van der Waals surface area (Å²) in [7, 11) is 0. The average Bonchev–Trinajstić information content (AvgIpc) is 2.42. The Morgan fingerprint density at radius 2 is 1.35 bits per heavy atom. The van der Waals surface area contributed by atoms with Crippen molar-refractivity contribution in [1.29, 1.82) is 0 Å². The molecule has 2 amide bonds. The van der Waals surface area contributed by atoms with E-state index in [1.54, 1.807) is 0 Å². The minimum Gasteiger partial charge on any atom is -0.366 e. The van der Waals surface area contributed by atoms with Crippen LogP contribution in [0.4, 0.5) is 0 Å². The lowest BCUT2D eigenvalue weighted by molar-refractivity contribution is -0.117. The van der Waals surface area contributed by atoms with E-state index >= 15 is 0 Å². The number of carbonyl (C=O) groups is 2. The maximum absolute atomic E-state index is 11.2. The number of primary amides is 1. The molecular formula is C16H30N2O2. The second-order valence-electron chi connectivity index (χ2n) is 5.21. The zero-order chi connectivity index (χ0) is 15.1. The van der Waals surface area contributed by atoms with Gasteiger partial charge in [-0.05, 0) is 6.42 Å². The third kappa shape index (κ3) is 14.7. The fraction of sp³-hybridized carbons (Fsp3) is 0.750. The van der Waals surface area contributed by atoms with E-state index in [-0.39, 0.29) is 5.91 Å². The van der Waals surface area contributed by atoms with Gasteiger partial charge in [0.25, 0.3) is 0 Å². The maximum Gasteiger partial charge on any atom is 0.244 e. The monoisotopic (exact) mass is 282 g/mol. The molecule has 0 aliphatic carbocycles. The third-order valence-electron chi connectivity index (χ3n) is 3.23. The molecule has 0 aromatic rings. The molecule has 0 aliphatic heterocycles. The number of unbranched alkanes of at least 4 members (excludes halogenated alkanes) is 9. The van der Waals surface area contributed by atoms with Gasteiger partial charge >= 0.3 is 0 Å². The van der Waals surface area contributed by atoms with Crippen molar-refractivity contribution in [2.24, 2.45) is 5.73 Å². The summed E-state index contributed by atoms with van der Waals surface area (Å²) < 4.78 is 0. The van der Waals surface area contributed by atoms with Crippen LogP contribution in [0.2, 0.25) is 0 Å². The van der Waals surface area contributed by atoms with Crippen LogP contribution in [0.1, 0.15) is 71.1 Å². The molecule has 0 radical (unpaired) electrons. The molecule has 0 aromatic heterocycles. The Morgan fingerprint density at radius 3 is 1.85 bits per heavy atom. The van der Waals surface area contributed by atoms with Crippen molar-refractivity contribution in [2.75, 3.05) is 6.54 Å². The number of carbonyl (C=O) groups excluding carboxylic acids is 2. The molecule has 3 N–H and O–H groups in total. The van der Waals surface area contributed by atoms with Crippen LogP contribution in [0.25, 0.3) is 0 Å². The standard InChI is InChI=1S/C16H30N2O2/c1-2-3-4-5-6-7-8-9-10-11-14-18-16(20)13-12-15(17)19/h12-13H,2-11,14H2,1H3,(H2,17,19)(H,18,20). The van der Waals surface area contributed by atoms with Crippen LogP contribution in [0.15, 0.2) is 12.2 Å². The molecular weight excluding hydrogens is 252 g/mol. The minimum atomic E-state index is -0.598. The third-order valence-corrected chi connectivity index (χ3v) is 3.23. The van der Waals surface area contributed by atoms with E-state index in [0.29, 0.717) is 6.54 Å². The molecule has 116 valence electrons. The van der Waals surface area contributed by atoms with Gasteiger partial charge in [0.05, 0.1) is 0 Å². The predicted molar refractivity (Wildman–Crippen MR) is 83.2 cm³/mol. The molecule has 0 aromatic carbocycles. The molecule has 20 heavy (non-hydrogen) atoms. The number of nitrogens with one attached hydrogen (secondary N) is 1. The largest absolute Gasteiger partial charge is 0.366 e. The second-order valence-corrected chi connectivity index (χ2v) is 5.21. The summed E-state index contributed by atoms with van der Waals surface area (Å²) in [6.45, 7) is 2.90. The Hall–Kier alpha value is -1.32. The molecule has 0 unspecified atom stereocenters. The molecule has 0 bridgehead atoms. The molecule has 0 fully saturated rings. The van der Waals surface area contributed by atoms with E-state index < -0.39 is 5.91 Å². The van der Waals surface area contributed by atoms with Crippen LogP contribution in [-0.4, -0.2) is 18.4 Å². The summed E-state index contributed by atoms with van der Waals surface area (Å²) in [6.07, 6.45) is 15.0.